The first-order valence-corrected chi connectivity index (χ1v) is 12.7. The number of aryl methyl sites for hydroxylation is 1. The van der Waals surface area contributed by atoms with E-state index in [1.807, 2.05) is 24.9 Å². The highest BCUT2D eigenvalue weighted by atomic mass is 16.2. The Hall–Kier alpha value is -2.24. The fraction of sp³-hybridized carbons (Fsp3) is 0.704. The molecule has 2 amide bonds. The maximum Gasteiger partial charge on any atom is 0.246 e. The molecule has 7 atom stereocenters. The molecule has 3 saturated carbocycles. The molecule has 1 aliphatic heterocycles. The van der Waals surface area contributed by atoms with Gasteiger partial charge in [-0.05, 0) is 80.6 Å². The Balaban J connectivity index is 1.26. The predicted molar refractivity (Wildman–Crippen MR) is 127 cm³/mol. The van der Waals surface area contributed by atoms with E-state index in [0.717, 1.165) is 24.2 Å². The van der Waals surface area contributed by atoms with Crippen LogP contribution in [-0.4, -0.2) is 39.8 Å². The second kappa shape index (κ2) is 8.21. The summed E-state index contributed by atoms with van der Waals surface area (Å²) in [5.41, 5.74) is 2.01. The zero-order chi connectivity index (χ0) is 23.4. The van der Waals surface area contributed by atoms with E-state index in [0.29, 0.717) is 42.7 Å². The Labute approximate surface area is 197 Å². The van der Waals surface area contributed by atoms with Crippen molar-refractivity contribution in [3.05, 3.63) is 35.9 Å². The number of carbonyl (C=O) groups excluding carboxylic acids is 2. The Bertz CT molecular complexity index is 959. The van der Waals surface area contributed by atoms with Crippen LogP contribution in [0.3, 0.4) is 0 Å². The minimum atomic E-state index is 0.0808. The van der Waals surface area contributed by atoms with Crippen molar-refractivity contribution < 1.29 is 9.59 Å². The fourth-order valence-electron chi connectivity index (χ4n) is 8.18. The van der Waals surface area contributed by atoms with Crippen molar-refractivity contribution in [3.63, 3.8) is 0 Å². The molecule has 6 nitrogen and oxygen atoms in total. The number of hydrogen-bond donors (Lipinski definition) is 1. The Morgan fingerprint density at radius 2 is 1.94 bits per heavy atom. The van der Waals surface area contributed by atoms with Crippen LogP contribution in [-0.2, 0) is 16.1 Å². The van der Waals surface area contributed by atoms with Crippen molar-refractivity contribution in [2.45, 2.75) is 78.3 Å². The van der Waals surface area contributed by atoms with Crippen LogP contribution < -0.4 is 5.32 Å². The third kappa shape index (κ3) is 3.70. The topological polar surface area (TPSA) is 75.2 Å². The summed E-state index contributed by atoms with van der Waals surface area (Å²) < 4.78 is 0. The third-order valence-electron chi connectivity index (χ3n) is 10.1. The van der Waals surface area contributed by atoms with Gasteiger partial charge in [-0.1, -0.05) is 19.9 Å². The number of nitrogens with one attached hydrogen (secondary N) is 1. The van der Waals surface area contributed by atoms with Crippen molar-refractivity contribution in [2.75, 3.05) is 7.05 Å². The summed E-state index contributed by atoms with van der Waals surface area (Å²) in [4.78, 5) is 35.7. The summed E-state index contributed by atoms with van der Waals surface area (Å²) in [7, 11) is 1.98. The van der Waals surface area contributed by atoms with E-state index in [4.69, 9.17) is 0 Å². The largest absolute Gasteiger partial charge is 0.350 e. The SMILES string of the molecule is Cc1cnc(CNC(=O)C[C@H]2CC[C@H]3[C@@H]4CC[C@H]5N(C)C(=O)C=C[C@]5(C)[C@H]4CC[C@]23C)cn1. The molecular weight excluding hydrogens is 412 g/mol. The molecule has 3 fully saturated rings. The highest BCUT2D eigenvalue weighted by molar-refractivity contribution is 5.89. The minimum Gasteiger partial charge on any atom is -0.350 e. The molecule has 1 aromatic rings. The van der Waals surface area contributed by atoms with Gasteiger partial charge in [-0.3, -0.25) is 19.6 Å². The number of carbonyl (C=O) groups is 2. The highest BCUT2D eigenvalue weighted by Crippen LogP contribution is 2.65. The van der Waals surface area contributed by atoms with Crippen molar-refractivity contribution in [1.29, 1.82) is 0 Å². The highest BCUT2D eigenvalue weighted by Gasteiger charge is 2.60. The molecule has 0 bridgehead atoms. The van der Waals surface area contributed by atoms with E-state index >= 15 is 0 Å². The predicted octanol–water partition coefficient (Wildman–Crippen LogP) is 4.05. The van der Waals surface area contributed by atoms with Gasteiger partial charge in [0.25, 0.3) is 0 Å². The van der Waals surface area contributed by atoms with Crippen LogP contribution >= 0.6 is 0 Å². The summed E-state index contributed by atoms with van der Waals surface area (Å²) >= 11 is 0. The third-order valence-corrected chi connectivity index (χ3v) is 10.1. The number of amides is 2. The number of aromatic nitrogens is 2. The summed E-state index contributed by atoms with van der Waals surface area (Å²) in [5.74, 6) is 2.76. The van der Waals surface area contributed by atoms with Gasteiger partial charge in [-0.25, -0.2) is 0 Å². The van der Waals surface area contributed by atoms with Crippen molar-refractivity contribution in [3.8, 4) is 0 Å². The molecule has 2 heterocycles. The lowest BCUT2D eigenvalue weighted by Crippen LogP contribution is -2.59. The molecule has 0 aromatic carbocycles. The van der Waals surface area contributed by atoms with Crippen LogP contribution in [0.1, 0.15) is 70.2 Å². The van der Waals surface area contributed by atoms with Gasteiger partial charge >= 0.3 is 0 Å². The first-order valence-electron chi connectivity index (χ1n) is 12.7. The van der Waals surface area contributed by atoms with E-state index in [-0.39, 0.29) is 22.6 Å². The molecule has 3 aliphatic carbocycles. The summed E-state index contributed by atoms with van der Waals surface area (Å²) in [6.07, 6.45) is 15.2. The van der Waals surface area contributed by atoms with Crippen LogP contribution in [0.15, 0.2) is 24.5 Å². The van der Waals surface area contributed by atoms with E-state index < -0.39 is 0 Å². The zero-order valence-electron chi connectivity index (χ0n) is 20.5. The van der Waals surface area contributed by atoms with Gasteiger partial charge in [0.05, 0.1) is 24.1 Å². The monoisotopic (exact) mass is 450 g/mol. The summed E-state index contributed by atoms with van der Waals surface area (Å²) in [6.45, 7) is 7.22. The number of rotatable bonds is 4. The molecule has 0 spiro atoms. The first-order chi connectivity index (χ1) is 15.7. The number of fused-ring (bicyclic) bond motifs is 5. The average molecular weight is 451 g/mol. The van der Waals surface area contributed by atoms with Gasteiger partial charge in [0.1, 0.15) is 0 Å². The standard InChI is InChI=1S/C27H38N4O2/c1-17-14-29-19(15-28-17)16-30-24(32)13-18-5-7-21-20-6-8-23-27(3,12-10-25(33)31(23)4)22(20)9-11-26(18,21)2/h10,12,14-15,18,20-23H,5-9,11,13,16H2,1-4H3,(H,30,32)/t18-,20+,21+,22+,23-,26-,27-/m1/s1. The first kappa shape index (κ1) is 22.5. The van der Waals surface area contributed by atoms with Crippen LogP contribution in [0.5, 0.6) is 0 Å². The molecule has 0 radical (unpaired) electrons. The van der Waals surface area contributed by atoms with Crippen molar-refractivity contribution in [2.24, 2.45) is 34.5 Å². The molecule has 0 saturated heterocycles. The van der Waals surface area contributed by atoms with Crippen LogP contribution in [0.2, 0.25) is 0 Å². The van der Waals surface area contributed by atoms with Crippen LogP contribution in [0, 0.1) is 41.4 Å². The van der Waals surface area contributed by atoms with E-state index in [9.17, 15) is 9.59 Å². The maximum absolute atomic E-state index is 12.8. The molecule has 4 aliphatic rings. The van der Waals surface area contributed by atoms with Crippen molar-refractivity contribution >= 4 is 11.8 Å². The fourth-order valence-corrected chi connectivity index (χ4v) is 8.18. The molecule has 178 valence electrons. The molecule has 1 N–H and O–H groups in total. The quantitative estimate of drug-likeness (QED) is 0.751. The van der Waals surface area contributed by atoms with E-state index in [1.54, 1.807) is 12.4 Å². The number of hydrogen-bond acceptors (Lipinski definition) is 4. The lowest BCUT2D eigenvalue weighted by atomic mass is 9.47. The normalized spacial score (nSPS) is 39.6. The molecule has 33 heavy (non-hydrogen) atoms. The maximum atomic E-state index is 12.8. The Kier molecular flexibility index (Phi) is 5.61. The average Bonchev–Trinajstić information content (AvgIpc) is 3.12. The molecule has 0 unspecified atom stereocenters. The van der Waals surface area contributed by atoms with Gasteiger partial charge < -0.3 is 10.2 Å². The second-order valence-corrected chi connectivity index (χ2v) is 11.6. The number of nitrogens with zero attached hydrogens (tertiary/aromatic N) is 3. The summed E-state index contributed by atoms with van der Waals surface area (Å²) in [5, 5.41) is 3.08. The second-order valence-electron chi connectivity index (χ2n) is 11.6. The molecule has 6 heteroatoms. The lowest BCUT2D eigenvalue weighted by Gasteiger charge is -2.60. The van der Waals surface area contributed by atoms with Gasteiger partial charge in [0.2, 0.25) is 11.8 Å². The Morgan fingerprint density at radius 1 is 1.12 bits per heavy atom. The lowest BCUT2D eigenvalue weighted by molar-refractivity contribution is -0.139. The summed E-state index contributed by atoms with van der Waals surface area (Å²) in [6, 6.07) is 0.327. The molecule has 1 aromatic heterocycles. The minimum absolute atomic E-state index is 0.0808. The molecular formula is C27H38N4O2. The van der Waals surface area contributed by atoms with Crippen molar-refractivity contribution in [1.82, 2.24) is 20.2 Å². The van der Waals surface area contributed by atoms with Gasteiger partial charge in [-0.2, -0.15) is 0 Å². The van der Waals surface area contributed by atoms with Gasteiger partial charge in [0, 0.05) is 31.1 Å². The molecule has 5 rings (SSSR count). The van der Waals surface area contributed by atoms with E-state index in [2.05, 4.69) is 35.2 Å². The zero-order valence-corrected chi connectivity index (χ0v) is 20.5. The van der Waals surface area contributed by atoms with Gasteiger partial charge in [0.15, 0.2) is 0 Å². The smallest absolute Gasteiger partial charge is 0.246 e. The van der Waals surface area contributed by atoms with Crippen LogP contribution in [0.25, 0.3) is 0 Å². The number of likely N-dealkylation sites (N-methyl/N-ethyl adjacent to an activating group) is 1. The van der Waals surface area contributed by atoms with E-state index in [1.165, 1.54) is 25.7 Å². The Morgan fingerprint density at radius 3 is 2.70 bits per heavy atom. The van der Waals surface area contributed by atoms with Gasteiger partial charge in [-0.15, -0.1) is 0 Å². The van der Waals surface area contributed by atoms with Crippen LogP contribution in [0.4, 0.5) is 0 Å².